The fourth-order valence-corrected chi connectivity index (χ4v) is 3.01. The van der Waals surface area contributed by atoms with Gasteiger partial charge in [0.2, 0.25) is 5.91 Å². The molecule has 0 spiro atoms. The number of aryl methyl sites for hydroxylation is 1. The number of hydrogen-bond acceptors (Lipinski definition) is 3. The Bertz CT molecular complexity index is 802. The summed E-state index contributed by atoms with van der Waals surface area (Å²) in [4.78, 5) is 26.2. The van der Waals surface area contributed by atoms with Crippen molar-refractivity contribution in [1.29, 1.82) is 0 Å². The summed E-state index contributed by atoms with van der Waals surface area (Å²) in [6.45, 7) is 2.69. The molecule has 2 aromatic rings. The van der Waals surface area contributed by atoms with E-state index in [1.165, 1.54) is 0 Å². The molecular weight excluding hydrogens is 330 g/mol. The fourth-order valence-electron chi connectivity index (χ4n) is 3.01. The maximum atomic E-state index is 12.2. The van der Waals surface area contributed by atoms with Crippen LogP contribution in [0.5, 0.6) is 5.75 Å². The molecule has 0 radical (unpaired) electrons. The van der Waals surface area contributed by atoms with Crippen molar-refractivity contribution < 1.29 is 14.3 Å². The Hall–Kier alpha value is -3.02. The number of methoxy groups -OCH3 is 1. The fraction of sp³-hybridized carbons (Fsp3) is 0.300. The highest BCUT2D eigenvalue weighted by Crippen LogP contribution is 2.28. The Labute approximate surface area is 153 Å². The molecule has 0 aliphatic carbocycles. The van der Waals surface area contributed by atoms with Crippen LogP contribution in [0.1, 0.15) is 24.8 Å². The van der Waals surface area contributed by atoms with E-state index >= 15 is 0 Å². The summed E-state index contributed by atoms with van der Waals surface area (Å²) in [6.07, 6.45) is 2.52. The number of anilines is 3. The van der Waals surface area contributed by atoms with Crippen LogP contribution < -0.4 is 20.3 Å². The van der Waals surface area contributed by atoms with E-state index in [1.54, 1.807) is 31.4 Å². The maximum Gasteiger partial charge on any atom is 0.323 e. The van der Waals surface area contributed by atoms with Crippen molar-refractivity contribution in [2.75, 3.05) is 29.2 Å². The molecule has 1 aliphatic rings. The molecule has 0 atom stereocenters. The summed E-state index contributed by atoms with van der Waals surface area (Å²) in [5.41, 5.74) is 3.19. The third-order valence-electron chi connectivity index (χ3n) is 4.43. The number of amides is 3. The minimum absolute atomic E-state index is 0.138. The highest BCUT2D eigenvalue weighted by molar-refractivity contribution is 6.01. The van der Waals surface area contributed by atoms with Gasteiger partial charge >= 0.3 is 6.03 Å². The quantitative estimate of drug-likeness (QED) is 0.867. The number of ether oxygens (including phenoxy) is 1. The second-order valence-electron chi connectivity index (χ2n) is 6.31. The number of nitrogens with one attached hydrogen (secondary N) is 2. The Kier molecular flexibility index (Phi) is 5.41. The number of hydrogen-bond donors (Lipinski definition) is 2. The largest absolute Gasteiger partial charge is 0.497 e. The molecule has 1 fully saturated rings. The monoisotopic (exact) mass is 353 g/mol. The van der Waals surface area contributed by atoms with Crippen molar-refractivity contribution in [3.8, 4) is 5.75 Å². The van der Waals surface area contributed by atoms with Gasteiger partial charge in [0.05, 0.1) is 7.11 Å². The van der Waals surface area contributed by atoms with Gasteiger partial charge in [-0.15, -0.1) is 0 Å². The van der Waals surface area contributed by atoms with Crippen molar-refractivity contribution in [1.82, 2.24) is 0 Å². The van der Waals surface area contributed by atoms with Crippen molar-refractivity contribution in [2.24, 2.45) is 0 Å². The molecule has 0 bridgehead atoms. The van der Waals surface area contributed by atoms with E-state index in [0.717, 1.165) is 36.4 Å². The first kappa shape index (κ1) is 17.8. The second kappa shape index (κ2) is 7.91. The zero-order valence-corrected chi connectivity index (χ0v) is 15.0. The highest BCUT2D eigenvalue weighted by Gasteiger charge is 2.21. The lowest BCUT2D eigenvalue weighted by Gasteiger charge is -2.28. The van der Waals surface area contributed by atoms with Gasteiger partial charge < -0.3 is 20.3 Å². The highest BCUT2D eigenvalue weighted by atomic mass is 16.5. The van der Waals surface area contributed by atoms with Crippen molar-refractivity contribution in [3.63, 3.8) is 0 Å². The molecule has 1 aliphatic heterocycles. The number of nitrogens with zero attached hydrogens (tertiary/aromatic N) is 1. The van der Waals surface area contributed by atoms with Crippen LogP contribution in [0, 0.1) is 6.92 Å². The normalized spacial score (nSPS) is 14.1. The first-order valence-corrected chi connectivity index (χ1v) is 8.70. The van der Waals surface area contributed by atoms with Crippen molar-refractivity contribution in [3.05, 3.63) is 48.0 Å². The van der Waals surface area contributed by atoms with Crippen LogP contribution in [0.4, 0.5) is 21.9 Å². The standard InChI is InChI=1S/C20H23N3O3/c1-14-6-7-16(13-18(14)23-12-4-3-5-19(23)24)22-20(25)21-15-8-10-17(26-2)11-9-15/h6-11,13H,3-5,12H2,1-2H3,(H2,21,22,25). The van der Waals surface area contributed by atoms with Gasteiger partial charge in [0.1, 0.15) is 5.75 Å². The van der Waals surface area contributed by atoms with Crippen LogP contribution in [-0.2, 0) is 4.79 Å². The zero-order chi connectivity index (χ0) is 18.5. The maximum absolute atomic E-state index is 12.2. The Morgan fingerprint density at radius 2 is 1.73 bits per heavy atom. The summed E-state index contributed by atoms with van der Waals surface area (Å²) >= 11 is 0. The van der Waals surface area contributed by atoms with Crippen LogP contribution in [0.25, 0.3) is 0 Å². The van der Waals surface area contributed by atoms with E-state index < -0.39 is 0 Å². The molecule has 6 heteroatoms. The smallest absolute Gasteiger partial charge is 0.323 e. The number of carbonyl (C=O) groups excluding carboxylic acids is 2. The molecule has 2 aromatic carbocycles. The topological polar surface area (TPSA) is 70.7 Å². The van der Waals surface area contributed by atoms with Gasteiger partial charge in [-0.25, -0.2) is 4.79 Å². The SMILES string of the molecule is COc1ccc(NC(=O)Nc2ccc(C)c(N3CCCCC3=O)c2)cc1. The number of benzene rings is 2. The van der Waals surface area contributed by atoms with E-state index in [1.807, 2.05) is 30.0 Å². The van der Waals surface area contributed by atoms with Gasteiger partial charge in [-0.05, 0) is 61.7 Å². The minimum Gasteiger partial charge on any atom is -0.497 e. The number of rotatable bonds is 4. The predicted molar refractivity (Wildman–Crippen MR) is 103 cm³/mol. The third kappa shape index (κ3) is 4.14. The molecular formula is C20H23N3O3. The Morgan fingerprint density at radius 3 is 2.42 bits per heavy atom. The molecule has 6 nitrogen and oxygen atoms in total. The number of urea groups is 1. The second-order valence-corrected chi connectivity index (χ2v) is 6.31. The molecule has 3 amide bonds. The van der Waals surface area contributed by atoms with Gasteiger partial charge in [0, 0.05) is 30.0 Å². The number of piperidine rings is 1. The van der Waals surface area contributed by atoms with Crippen LogP contribution in [0.15, 0.2) is 42.5 Å². The molecule has 26 heavy (non-hydrogen) atoms. The lowest BCUT2D eigenvalue weighted by molar-refractivity contribution is -0.119. The molecule has 1 heterocycles. The Balaban J connectivity index is 1.69. The van der Waals surface area contributed by atoms with Gasteiger partial charge in [-0.1, -0.05) is 6.07 Å². The van der Waals surface area contributed by atoms with Gasteiger partial charge in [-0.2, -0.15) is 0 Å². The first-order chi connectivity index (χ1) is 12.6. The van der Waals surface area contributed by atoms with Gasteiger partial charge in [0.15, 0.2) is 0 Å². The predicted octanol–water partition coefficient (Wildman–Crippen LogP) is 4.16. The van der Waals surface area contributed by atoms with Crippen LogP contribution in [-0.4, -0.2) is 25.6 Å². The summed E-state index contributed by atoms with van der Waals surface area (Å²) in [5, 5.41) is 5.60. The lowest BCUT2D eigenvalue weighted by Crippen LogP contribution is -2.35. The summed E-state index contributed by atoms with van der Waals surface area (Å²) in [6, 6.07) is 12.4. The van der Waals surface area contributed by atoms with E-state index in [2.05, 4.69) is 10.6 Å². The molecule has 1 saturated heterocycles. The molecule has 3 rings (SSSR count). The minimum atomic E-state index is -0.338. The van der Waals surface area contributed by atoms with E-state index in [9.17, 15) is 9.59 Å². The van der Waals surface area contributed by atoms with Crippen LogP contribution in [0.3, 0.4) is 0 Å². The summed E-state index contributed by atoms with van der Waals surface area (Å²) in [7, 11) is 1.59. The molecule has 0 unspecified atom stereocenters. The van der Waals surface area contributed by atoms with E-state index in [4.69, 9.17) is 4.74 Å². The van der Waals surface area contributed by atoms with Crippen molar-refractivity contribution >= 4 is 29.0 Å². The van der Waals surface area contributed by atoms with Gasteiger partial charge in [0.25, 0.3) is 0 Å². The molecule has 136 valence electrons. The first-order valence-electron chi connectivity index (χ1n) is 8.70. The molecule has 0 saturated carbocycles. The van der Waals surface area contributed by atoms with E-state index in [0.29, 0.717) is 17.8 Å². The molecule has 0 aromatic heterocycles. The van der Waals surface area contributed by atoms with E-state index in [-0.39, 0.29) is 11.9 Å². The summed E-state index contributed by atoms with van der Waals surface area (Å²) < 4.78 is 5.10. The van der Waals surface area contributed by atoms with Crippen molar-refractivity contribution in [2.45, 2.75) is 26.2 Å². The zero-order valence-electron chi connectivity index (χ0n) is 15.0. The Morgan fingerprint density at radius 1 is 1.04 bits per heavy atom. The third-order valence-corrected chi connectivity index (χ3v) is 4.43. The van der Waals surface area contributed by atoms with Crippen LogP contribution >= 0.6 is 0 Å². The average Bonchev–Trinajstić information content (AvgIpc) is 2.64. The number of carbonyl (C=O) groups is 2. The van der Waals surface area contributed by atoms with Crippen LogP contribution in [0.2, 0.25) is 0 Å². The molecule has 2 N–H and O–H groups in total. The van der Waals surface area contributed by atoms with Gasteiger partial charge in [-0.3, -0.25) is 4.79 Å². The average molecular weight is 353 g/mol. The lowest BCUT2D eigenvalue weighted by atomic mass is 10.1. The summed E-state index contributed by atoms with van der Waals surface area (Å²) in [5.74, 6) is 0.865.